The van der Waals surface area contributed by atoms with Crippen molar-refractivity contribution < 1.29 is 9.53 Å². The molecule has 0 saturated heterocycles. The number of aromatic nitrogens is 1. The molecule has 4 heteroatoms. The number of rotatable bonds is 4. The van der Waals surface area contributed by atoms with Gasteiger partial charge in [-0.2, -0.15) is 0 Å². The van der Waals surface area contributed by atoms with Crippen molar-refractivity contribution in [2.75, 3.05) is 6.61 Å². The highest BCUT2D eigenvalue weighted by Crippen LogP contribution is 2.24. The summed E-state index contributed by atoms with van der Waals surface area (Å²) >= 11 is 3.49. The van der Waals surface area contributed by atoms with Gasteiger partial charge >= 0.3 is 5.97 Å². The summed E-state index contributed by atoms with van der Waals surface area (Å²) < 4.78 is 4.88. The van der Waals surface area contributed by atoms with Crippen molar-refractivity contribution in [3.63, 3.8) is 0 Å². The second-order valence-electron chi connectivity index (χ2n) is 3.04. The Morgan fingerprint density at radius 3 is 2.87 bits per heavy atom. The Morgan fingerprint density at radius 2 is 2.27 bits per heavy atom. The van der Waals surface area contributed by atoms with Crippen LogP contribution in [-0.2, 0) is 4.74 Å². The first-order valence-electron chi connectivity index (χ1n) is 4.97. The van der Waals surface area contributed by atoms with Gasteiger partial charge in [0.05, 0.1) is 17.1 Å². The standard InChI is InChI=1S/C11H14BrNO2/c1-3-8(12)9-6-5-7-10(13-9)11(14)15-4-2/h5-8H,3-4H2,1-2H3. The summed E-state index contributed by atoms with van der Waals surface area (Å²) in [6.45, 7) is 4.20. The van der Waals surface area contributed by atoms with Crippen LogP contribution < -0.4 is 0 Å². The molecule has 1 aromatic heterocycles. The number of ether oxygens (including phenoxy) is 1. The number of halogens is 1. The van der Waals surface area contributed by atoms with Crippen LogP contribution in [0, 0.1) is 0 Å². The maximum Gasteiger partial charge on any atom is 0.356 e. The SMILES string of the molecule is CCOC(=O)c1cccc(C(Br)CC)n1. The van der Waals surface area contributed by atoms with E-state index in [0.29, 0.717) is 12.3 Å². The van der Waals surface area contributed by atoms with Gasteiger partial charge in [-0.05, 0) is 25.5 Å². The fourth-order valence-corrected chi connectivity index (χ4v) is 1.41. The zero-order chi connectivity index (χ0) is 11.3. The van der Waals surface area contributed by atoms with Crippen molar-refractivity contribution in [2.45, 2.75) is 25.1 Å². The molecule has 82 valence electrons. The van der Waals surface area contributed by atoms with Gasteiger partial charge < -0.3 is 4.74 Å². The van der Waals surface area contributed by atoms with E-state index in [1.807, 2.05) is 12.1 Å². The molecule has 15 heavy (non-hydrogen) atoms. The van der Waals surface area contributed by atoms with Crippen LogP contribution in [0.15, 0.2) is 18.2 Å². The Labute approximate surface area is 98.0 Å². The topological polar surface area (TPSA) is 39.2 Å². The fourth-order valence-electron chi connectivity index (χ4n) is 1.15. The molecule has 0 saturated carbocycles. The predicted molar refractivity (Wildman–Crippen MR) is 62.2 cm³/mol. The molecule has 0 bridgehead atoms. The molecule has 0 amide bonds. The van der Waals surface area contributed by atoms with E-state index in [9.17, 15) is 4.79 Å². The largest absolute Gasteiger partial charge is 0.461 e. The third-order valence-electron chi connectivity index (χ3n) is 1.93. The third kappa shape index (κ3) is 3.30. The van der Waals surface area contributed by atoms with Gasteiger partial charge in [0.1, 0.15) is 5.69 Å². The maximum absolute atomic E-state index is 11.4. The van der Waals surface area contributed by atoms with Gasteiger partial charge in [0, 0.05) is 0 Å². The molecule has 1 unspecified atom stereocenters. The highest BCUT2D eigenvalue weighted by molar-refractivity contribution is 9.09. The summed E-state index contributed by atoms with van der Waals surface area (Å²) in [5, 5.41) is 0. The number of esters is 1. The summed E-state index contributed by atoms with van der Waals surface area (Å²) in [6.07, 6.45) is 0.930. The Hall–Kier alpha value is -0.900. The molecule has 0 aliphatic heterocycles. The van der Waals surface area contributed by atoms with Crippen LogP contribution in [-0.4, -0.2) is 17.6 Å². The van der Waals surface area contributed by atoms with Crippen molar-refractivity contribution in [1.29, 1.82) is 0 Å². The van der Waals surface area contributed by atoms with Crippen LogP contribution in [0.25, 0.3) is 0 Å². The molecule has 1 atom stereocenters. The minimum atomic E-state index is -0.366. The Bertz CT molecular complexity index is 341. The van der Waals surface area contributed by atoms with Gasteiger partial charge in [-0.15, -0.1) is 0 Å². The van der Waals surface area contributed by atoms with Gasteiger partial charge in [0.2, 0.25) is 0 Å². The summed E-state index contributed by atoms with van der Waals surface area (Å²) in [5.41, 5.74) is 1.23. The summed E-state index contributed by atoms with van der Waals surface area (Å²) in [6, 6.07) is 5.38. The zero-order valence-corrected chi connectivity index (χ0v) is 10.5. The van der Waals surface area contributed by atoms with E-state index in [2.05, 4.69) is 27.8 Å². The average Bonchev–Trinajstić information content (AvgIpc) is 2.28. The predicted octanol–water partition coefficient (Wildman–Crippen LogP) is 3.10. The monoisotopic (exact) mass is 271 g/mol. The minimum Gasteiger partial charge on any atom is -0.461 e. The quantitative estimate of drug-likeness (QED) is 0.624. The smallest absolute Gasteiger partial charge is 0.356 e. The minimum absolute atomic E-state index is 0.187. The second-order valence-corrected chi connectivity index (χ2v) is 4.15. The molecule has 0 spiro atoms. The molecule has 0 aliphatic rings. The molecule has 1 heterocycles. The molecule has 1 aromatic rings. The zero-order valence-electron chi connectivity index (χ0n) is 8.87. The lowest BCUT2D eigenvalue weighted by Crippen LogP contribution is -2.08. The molecule has 0 radical (unpaired) electrons. The van der Waals surface area contributed by atoms with Crippen LogP contribution in [0.3, 0.4) is 0 Å². The molecule has 3 nitrogen and oxygen atoms in total. The number of hydrogen-bond donors (Lipinski definition) is 0. The first-order valence-corrected chi connectivity index (χ1v) is 5.88. The fraction of sp³-hybridized carbons (Fsp3) is 0.455. The Balaban J connectivity index is 2.87. The second kappa shape index (κ2) is 5.85. The maximum atomic E-state index is 11.4. The highest BCUT2D eigenvalue weighted by Gasteiger charge is 2.11. The average molecular weight is 272 g/mol. The van der Waals surface area contributed by atoms with Gasteiger partial charge in [-0.3, -0.25) is 0 Å². The van der Waals surface area contributed by atoms with Crippen LogP contribution in [0.2, 0.25) is 0 Å². The first kappa shape index (κ1) is 12.2. The van der Waals surface area contributed by atoms with E-state index in [1.54, 1.807) is 13.0 Å². The van der Waals surface area contributed by atoms with Gasteiger partial charge in [0.15, 0.2) is 0 Å². The number of carbonyl (C=O) groups excluding carboxylic acids is 1. The molecule has 0 aliphatic carbocycles. The summed E-state index contributed by atoms with van der Waals surface area (Å²) in [4.78, 5) is 15.8. The van der Waals surface area contributed by atoms with Crippen molar-refractivity contribution >= 4 is 21.9 Å². The van der Waals surface area contributed by atoms with Crippen molar-refractivity contribution in [3.05, 3.63) is 29.6 Å². The van der Waals surface area contributed by atoms with Crippen LogP contribution in [0.1, 0.15) is 41.3 Å². The van der Waals surface area contributed by atoms with E-state index in [0.717, 1.165) is 12.1 Å². The van der Waals surface area contributed by atoms with Crippen molar-refractivity contribution in [2.24, 2.45) is 0 Å². The van der Waals surface area contributed by atoms with Crippen molar-refractivity contribution in [3.8, 4) is 0 Å². The van der Waals surface area contributed by atoms with E-state index in [1.165, 1.54) is 0 Å². The van der Waals surface area contributed by atoms with Gasteiger partial charge in [-0.25, -0.2) is 9.78 Å². The number of carbonyl (C=O) groups is 1. The number of pyridine rings is 1. The lowest BCUT2D eigenvalue weighted by Gasteiger charge is -2.07. The van der Waals surface area contributed by atoms with E-state index in [-0.39, 0.29) is 10.8 Å². The Kier molecular flexibility index (Phi) is 4.75. The summed E-state index contributed by atoms with van der Waals surface area (Å²) in [7, 11) is 0. The summed E-state index contributed by atoms with van der Waals surface area (Å²) in [5.74, 6) is -0.366. The molecular weight excluding hydrogens is 258 g/mol. The molecule has 0 aromatic carbocycles. The molecule has 1 rings (SSSR count). The first-order chi connectivity index (χ1) is 7.19. The van der Waals surface area contributed by atoms with Gasteiger partial charge in [0.25, 0.3) is 0 Å². The number of nitrogens with zero attached hydrogens (tertiary/aromatic N) is 1. The lowest BCUT2D eigenvalue weighted by molar-refractivity contribution is 0.0519. The van der Waals surface area contributed by atoms with E-state index in [4.69, 9.17) is 4.74 Å². The van der Waals surface area contributed by atoms with Crippen molar-refractivity contribution in [1.82, 2.24) is 4.98 Å². The van der Waals surface area contributed by atoms with Crippen LogP contribution >= 0.6 is 15.9 Å². The number of hydrogen-bond acceptors (Lipinski definition) is 3. The molecule has 0 fully saturated rings. The van der Waals surface area contributed by atoms with Gasteiger partial charge in [-0.1, -0.05) is 28.9 Å². The van der Waals surface area contributed by atoms with E-state index < -0.39 is 0 Å². The third-order valence-corrected chi connectivity index (χ3v) is 3.05. The molecule has 0 N–H and O–H groups in total. The Morgan fingerprint density at radius 1 is 1.53 bits per heavy atom. The molecular formula is C11H14BrNO2. The number of alkyl halides is 1. The van der Waals surface area contributed by atoms with E-state index >= 15 is 0 Å². The normalized spacial score (nSPS) is 12.2. The van der Waals surface area contributed by atoms with Crippen LogP contribution in [0.5, 0.6) is 0 Å². The highest BCUT2D eigenvalue weighted by atomic mass is 79.9. The van der Waals surface area contributed by atoms with Crippen LogP contribution in [0.4, 0.5) is 0 Å². The lowest BCUT2D eigenvalue weighted by atomic mass is 10.2.